The second-order valence-electron chi connectivity index (χ2n) is 3.21. The fourth-order valence-electron chi connectivity index (χ4n) is 0.773. The van der Waals surface area contributed by atoms with Crippen LogP contribution in [0.25, 0.3) is 0 Å². The summed E-state index contributed by atoms with van der Waals surface area (Å²) in [5, 5.41) is 13.4. The van der Waals surface area contributed by atoms with Crippen LogP contribution in [0.1, 0.15) is 13.8 Å². The SMILES string of the molecule is CCNC(=O)NC(=O)CSCC(C)CO. The lowest BCUT2D eigenvalue weighted by Gasteiger charge is -2.07. The summed E-state index contributed by atoms with van der Waals surface area (Å²) in [7, 11) is 0. The minimum atomic E-state index is -0.460. The van der Waals surface area contributed by atoms with E-state index in [9.17, 15) is 9.59 Å². The lowest BCUT2D eigenvalue weighted by Crippen LogP contribution is -2.40. The van der Waals surface area contributed by atoms with Gasteiger partial charge in [0.2, 0.25) is 5.91 Å². The Balaban J connectivity index is 3.53. The zero-order chi connectivity index (χ0) is 11.7. The quantitative estimate of drug-likeness (QED) is 0.613. The average Bonchev–Trinajstić information content (AvgIpc) is 2.17. The Labute approximate surface area is 94.0 Å². The Hall–Kier alpha value is -0.750. The van der Waals surface area contributed by atoms with Crippen LogP contribution in [0.4, 0.5) is 4.79 Å². The molecule has 5 nitrogen and oxygen atoms in total. The first-order valence-electron chi connectivity index (χ1n) is 4.86. The maximum absolute atomic E-state index is 11.1. The zero-order valence-corrected chi connectivity index (χ0v) is 9.89. The van der Waals surface area contributed by atoms with Crippen LogP contribution in [0, 0.1) is 5.92 Å². The second kappa shape index (κ2) is 8.55. The van der Waals surface area contributed by atoms with Crippen LogP contribution in [-0.2, 0) is 4.79 Å². The number of thioether (sulfide) groups is 1. The first kappa shape index (κ1) is 14.2. The van der Waals surface area contributed by atoms with Crippen LogP contribution in [-0.4, -0.2) is 41.7 Å². The second-order valence-corrected chi connectivity index (χ2v) is 4.24. The fourth-order valence-corrected chi connectivity index (χ4v) is 1.66. The molecule has 0 heterocycles. The third-order valence-electron chi connectivity index (χ3n) is 1.54. The highest BCUT2D eigenvalue weighted by Crippen LogP contribution is 2.06. The monoisotopic (exact) mass is 234 g/mol. The molecule has 0 aliphatic heterocycles. The van der Waals surface area contributed by atoms with E-state index in [-0.39, 0.29) is 24.2 Å². The predicted molar refractivity (Wildman–Crippen MR) is 60.8 cm³/mol. The highest BCUT2D eigenvalue weighted by atomic mass is 32.2. The van der Waals surface area contributed by atoms with Crippen molar-refractivity contribution in [1.82, 2.24) is 10.6 Å². The van der Waals surface area contributed by atoms with E-state index in [1.54, 1.807) is 6.92 Å². The van der Waals surface area contributed by atoms with Crippen molar-refractivity contribution in [3.63, 3.8) is 0 Å². The van der Waals surface area contributed by atoms with Gasteiger partial charge in [0, 0.05) is 13.2 Å². The number of carbonyl (C=O) groups excluding carboxylic acids is 2. The Morgan fingerprint density at radius 1 is 1.47 bits per heavy atom. The van der Waals surface area contributed by atoms with Gasteiger partial charge >= 0.3 is 6.03 Å². The van der Waals surface area contributed by atoms with Gasteiger partial charge in [0.25, 0.3) is 0 Å². The number of hydrogen-bond donors (Lipinski definition) is 3. The van der Waals surface area contributed by atoms with Gasteiger partial charge in [-0.1, -0.05) is 6.92 Å². The number of urea groups is 1. The standard InChI is InChI=1S/C9H18N2O3S/c1-3-10-9(14)11-8(13)6-15-5-7(2)4-12/h7,12H,3-6H2,1-2H3,(H2,10,11,13,14). The van der Waals surface area contributed by atoms with E-state index in [0.717, 1.165) is 0 Å². The molecule has 0 aliphatic carbocycles. The number of hydrogen-bond acceptors (Lipinski definition) is 4. The Bertz CT molecular complexity index is 212. The number of nitrogens with one attached hydrogen (secondary N) is 2. The van der Waals surface area contributed by atoms with Gasteiger partial charge in [-0.05, 0) is 18.6 Å². The largest absolute Gasteiger partial charge is 0.396 e. The molecule has 3 amide bonds. The number of imide groups is 1. The normalized spacial score (nSPS) is 11.9. The number of rotatable bonds is 6. The van der Waals surface area contributed by atoms with Gasteiger partial charge in [0.1, 0.15) is 0 Å². The molecular formula is C9H18N2O3S. The van der Waals surface area contributed by atoms with E-state index in [4.69, 9.17) is 5.11 Å². The number of aliphatic hydroxyl groups excluding tert-OH is 1. The zero-order valence-electron chi connectivity index (χ0n) is 9.08. The molecule has 0 aromatic heterocycles. The molecule has 0 saturated heterocycles. The van der Waals surface area contributed by atoms with Crippen LogP contribution >= 0.6 is 11.8 Å². The molecule has 0 bridgehead atoms. The third-order valence-corrected chi connectivity index (χ3v) is 2.81. The average molecular weight is 234 g/mol. The Morgan fingerprint density at radius 2 is 2.13 bits per heavy atom. The van der Waals surface area contributed by atoms with Gasteiger partial charge in [-0.25, -0.2) is 4.79 Å². The maximum atomic E-state index is 11.1. The minimum Gasteiger partial charge on any atom is -0.396 e. The molecule has 1 atom stereocenters. The molecule has 0 fully saturated rings. The molecule has 3 N–H and O–H groups in total. The molecule has 0 aliphatic rings. The predicted octanol–water partition coefficient (Wildman–Crippen LogP) is 0.194. The molecule has 0 spiro atoms. The molecule has 0 rings (SSSR count). The number of carbonyl (C=O) groups is 2. The van der Waals surface area contributed by atoms with Crippen molar-refractivity contribution in [3.05, 3.63) is 0 Å². The van der Waals surface area contributed by atoms with E-state index in [1.807, 2.05) is 6.92 Å². The molecular weight excluding hydrogens is 216 g/mol. The summed E-state index contributed by atoms with van der Waals surface area (Å²) in [5.74, 6) is 0.809. The molecule has 88 valence electrons. The molecule has 0 aromatic rings. The Kier molecular flexibility index (Phi) is 8.12. The van der Waals surface area contributed by atoms with Gasteiger partial charge in [0.15, 0.2) is 0 Å². The van der Waals surface area contributed by atoms with Crippen molar-refractivity contribution in [2.75, 3.05) is 24.7 Å². The number of aliphatic hydroxyl groups is 1. The van der Waals surface area contributed by atoms with Crippen LogP contribution in [0.15, 0.2) is 0 Å². The molecule has 0 saturated carbocycles. The molecule has 1 unspecified atom stereocenters. The molecule has 15 heavy (non-hydrogen) atoms. The van der Waals surface area contributed by atoms with Crippen molar-refractivity contribution < 1.29 is 14.7 Å². The van der Waals surface area contributed by atoms with Crippen molar-refractivity contribution >= 4 is 23.7 Å². The number of amides is 3. The summed E-state index contributed by atoms with van der Waals surface area (Å²) >= 11 is 1.40. The lowest BCUT2D eigenvalue weighted by molar-refractivity contribution is -0.117. The summed E-state index contributed by atoms with van der Waals surface area (Å²) in [4.78, 5) is 22.1. The topological polar surface area (TPSA) is 78.4 Å². The minimum absolute atomic E-state index is 0.116. The van der Waals surface area contributed by atoms with E-state index in [1.165, 1.54) is 11.8 Å². The van der Waals surface area contributed by atoms with Gasteiger partial charge in [-0.15, -0.1) is 0 Å². The first-order chi connectivity index (χ1) is 7.10. The first-order valence-corrected chi connectivity index (χ1v) is 6.01. The van der Waals surface area contributed by atoms with Crippen molar-refractivity contribution in [2.45, 2.75) is 13.8 Å². The van der Waals surface area contributed by atoms with Gasteiger partial charge in [-0.3, -0.25) is 10.1 Å². The van der Waals surface area contributed by atoms with Crippen LogP contribution in [0.2, 0.25) is 0 Å². The van der Waals surface area contributed by atoms with E-state index in [2.05, 4.69) is 10.6 Å². The highest BCUT2D eigenvalue weighted by Gasteiger charge is 2.07. The smallest absolute Gasteiger partial charge is 0.321 e. The summed E-state index contributed by atoms with van der Waals surface area (Å²) in [6, 6.07) is -0.460. The molecule has 0 radical (unpaired) electrons. The fraction of sp³-hybridized carbons (Fsp3) is 0.778. The van der Waals surface area contributed by atoms with Crippen LogP contribution in [0.5, 0.6) is 0 Å². The highest BCUT2D eigenvalue weighted by molar-refractivity contribution is 7.99. The lowest BCUT2D eigenvalue weighted by atomic mass is 10.2. The third kappa shape index (κ3) is 8.26. The summed E-state index contributed by atoms with van der Waals surface area (Å²) in [6.07, 6.45) is 0. The van der Waals surface area contributed by atoms with Crippen molar-refractivity contribution in [3.8, 4) is 0 Å². The summed E-state index contributed by atoms with van der Waals surface area (Å²) < 4.78 is 0. The van der Waals surface area contributed by atoms with E-state index in [0.29, 0.717) is 12.3 Å². The van der Waals surface area contributed by atoms with E-state index >= 15 is 0 Å². The molecule has 0 aromatic carbocycles. The molecule has 6 heteroatoms. The summed E-state index contributed by atoms with van der Waals surface area (Å²) in [5.41, 5.74) is 0. The van der Waals surface area contributed by atoms with Crippen LogP contribution < -0.4 is 10.6 Å². The van der Waals surface area contributed by atoms with E-state index < -0.39 is 6.03 Å². The summed E-state index contributed by atoms with van der Waals surface area (Å²) in [6.45, 7) is 4.29. The van der Waals surface area contributed by atoms with Gasteiger partial charge in [-0.2, -0.15) is 11.8 Å². The van der Waals surface area contributed by atoms with Crippen molar-refractivity contribution in [2.24, 2.45) is 5.92 Å². The van der Waals surface area contributed by atoms with Gasteiger partial charge in [0.05, 0.1) is 5.75 Å². The van der Waals surface area contributed by atoms with Crippen molar-refractivity contribution in [1.29, 1.82) is 0 Å². The maximum Gasteiger partial charge on any atom is 0.321 e. The van der Waals surface area contributed by atoms with Crippen LogP contribution in [0.3, 0.4) is 0 Å². The van der Waals surface area contributed by atoms with Gasteiger partial charge < -0.3 is 10.4 Å². The Morgan fingerprint density at radius 3 is 2.67 bits per heavy atom.